The number of rotatable bonds is 4. The van der Waals surface area contributed by atoms with E-state index >= 15 is 0 Å². The number of aromatic hydroxyl groups is 1. The molecule has 3 aromatic rings. The van der Waals surface area contributed by atoms with E-state index < -0.39 is 4.92 Å². The van der Waals surface area contributed by atoms with Gasteiger partial charge in [-0.05, 0) is 13.0 Å². The van der Waals surface area contributed by atoms with Crippen LogP contribution in [0, 0.1) is 17.0 Å². The minimum atomic E-state index is -0.516. The van der Waals surface area contributed by atoms with Gasteiger partial charge >= 0.3 is 0 Å². The maximum absolute atomic E-state index is 10.8. The molecule has 0 spiro atoms. The highest BCUT2D eigenvalue weighted by atomic mass is 32.1. The van der Waals surface area contributed by atoms with Crippen molar-refractivity contribution in [1.82, 2.24) is 4.98 Å². The van der Waals surface area contributed by atoms with Gasteiger partial charge in [0.05, 0.1) is 10.6 Å². The van der Waals surface area contributed by atoms with Gasteiger partial charge in [0.1, 0.15) is 5.75 Å². The van der Waals surface area contributed by atoms with Crippen LogP contribution in [0.4, 0.5) is 10.8 Å². The number of aryl methyl sites for hydroxylation is 1. The lowest BCUT2D eigenvalue weighted by molar-refractivity contribution is -0.384. The number of non-ortho nitro benzene ring substituents is 1. The van der Waals surface area contributed by atoms with E-state index in [9.17, 15) is 15.2 Å². The van der Waals surface area contributed by atoms with Crippen LogP contribution in [0.25, 0.3) is 11.3 Å². The van der Waals surface area contributed by atoms with E-state index in [4.69, 9.17) is 0 Å². The summed E-state index contributed by atoms with van der Waals surface area (Å²) < 4.78 is 0. The second-order valence-electron chi connectivity index (χ2n) is 5.03. The molecule has 0 amide bonds. The highest BCUT2D eigenvalue weighted by Crippen LogP contribution is 2.32. The number of aliphatic imine (C=N–C) groups is 1. The molecule has 7 heteroatoms. The van der Waals surface area contributed by atoms with Crippen LogP contribution in [-0.2, 0) is 0 Å². The van der Waals surface area contributed by atoms with E-state index in [1.54, 1.807) is 0 Å². The van der Waals surface area contributed by atoms with Crippen molar-refractivity contribution in [2.24, 2.45) is 4.99 Å². The summed E-state index contributed by atoms with van der Waals surface area (Å²) in [5.41, 5.74) is 2.04. The van der Waals surface area contributed by atoms with Gasteiger partial charge in [0.2, 0.25) is 5.13 Å². The quantitative estimate of drug-likeness (QED) is 0.431. The van der Waals surface area contributed by atoms with Gasteiger partial charge in [-0.3, -0.25) is 10.1 Å². The third-order valence-electron chi connectivity index (χ3n) is 3.37. The predicted octanol–water partition coefficient (Wildman–Crippen LogP) is 4.48. The average Bonchev–Trinajstić information content (AvgIpc) is 2.95. The third-order valence-corrected chi connectivity index (χ3v) is 4.25. The first-order valence-electron chi connectivity index (χ1n) is 7.09. The summed E-state index contributed by atoms with van der Waals surface area (Å²) in [6.45, 7) is 1.96. The van der Waals surface area contributed by atoms with Gasteiger partial charge in [-0.1, -0.05) is 41.7 Å². The minimum absolute atomic E-state index is 0.0686. The summed E-state index contributed by atoms with van der Waals surface area (Å²) in [7, 11) is 0. The van der Waals surface area contributed by atoms with E-state index in [-0.39, 0.29) is 17.0 Å². The van der Waals surface area contributed by atoms with Crippen LogP contribution < -0.4 is 0 Å². The Morgan fingerprint density at radius 2 is 2.00 bits per heavy atom. The number of hydrogen-bond donors (Lipinski definition) is 1. The number of phenolic OH excluding ortho intramolecular Hbond substituents is 1. The maximum Gasteiger partial charge on any atom is 0.270 e. The molecule has 0 bridgehead atoms. The number of hydrogen-bond acceptors (Lipinski definition) is 6. The molecule has 0 unspecified atom stereocenters. The van der Waals surface area contributed by atoms with E-state index in [1.165, 1.54) is 35.8 Å². The molecule has 0 saturated heterocycles. The van der Waals surface area contributed by atoms with Crippen LogP contribution in [0.15, 0.2) is 53.5 Å². The molecule has 2 aromatic carbocycles. The molecular weight excluding hydrogens is 326 g/mol. The van der Waals surface area contributed by atoms with Crippen LogP contribution in [0.5, 0.6) is 5.75 Å². The van der Waals surface area contributed by atoms with E-state index in [2.05, 4.69) is 9.98 Å². The van der Waals surface area contributed by atoms with Gasteiger partial charge in [0.15, 0.2) is 0 Å². The van der Waals surface area contributed by atoms with Gasteiger partial charge in [0, 0.05) is 34.4 Å². The molecule has 0 fully saturated rings. The SMILES string of the molecule is Cc1sc(N=Cc2cc([N+](=O)[O-])ccc2O)nc1-c1ccccc1. The Morgan fingerprint density at radius 1 is 1.25 bits per heavy atom. The Labute approximate surface area is 141 Å². The zero-order valence-electron chi connectivity index (χ0n) is 12.7. The van der Waals surface area contributed by atoms with Gasteiger partial charge in [-0.2, -0.15) is 0 Å². The first kappa shape index (κ1) is 15.8. The molecule has 120 valence electrons. The van der Waals surface area contributed by atoms with Crippen molar-refractivity contribution < 1.29 is 10.0 Å². The third kappa shape index (κ3) is 3.31. The van der Waals surface area contributed by atoms with Crippen LogP contribution in [-0.4, -0.2) is 21.2 Å². The molecule has 1 N–H and O–H groups in total. The molecule has 24 heavy (non-hydrogen) atoms. The predicted molar refractivity (Wildman–Crippen MR) is 94.3 cm³/mol. The van der Waals surface area contributed by atoms with Gasteiger partial charge in [-0.15, -0.1) is 0 Å². The molecule has 1 aromatic heterocycles. The molecule has 0 aliphatic carbocycles. The Bertz CT molecular complexity index is 920. The number of benzene rings is 2. The summed E-state index contributed by atoms with van der Waals surface area (Å²) in [6.07, 6.45) is 1.38. The molecule has 6 nitrogen and oxygen atoms in total. The molecule has 0 atom stereocenters. The number of thiazole rings is 1. The van der Waals surface area contributed by atoms with Crippen molar-refractivity contribution in [3.8, 4) is 17.0 Å². The Morgan fingerprint density at radius 3 is 2.71 bits per heavy atom. The molecule has 3 rings (SSSR count). The summed E-state index contributed by atoms with van der Waals surface area (Å²) in [4.78, 5) is 20.1. The number of aromatic nitrogens is 1. The normalized spacial score (nSPS) is 11.0. The lowest BCUT2D eigenvalue weighted by Crippen LogP contribution is -1.90. The van der Waals surface area contributed by atoms with Crippen molar-refractivity contribution in [2.45, 2.75) is 6.92 Å². The summed E-state index contributed by atoms with van der Waals surface area (Å²) >= 11 is 1.42. The van der Waals surface area contributed by atoms with Crippen LogP contribution in [0.1, 0.15) is 10.4 Å². The summed E-state index contributed by atoms with van der Waals surface area (Å²) in [5.74, 6) is -0.0686. The Hall–Kier alpha value is -3.06. The highest BCUT2D eigenvalue weighted by Gasteiger charge is 2.11. The van der Waals surface area contributed by atoms with Gasteiger partial charge < -0.3 is 5.11 Å². The van der Waals surface area contributed by atoms with Crippen molar-refractivity contribution in [3.05, 3.63) is 69.1 Å². The van der Waals surface area contributed by atoms with E-state index in [0.717, 1.165) is 16.1 Å². The first-order chi connectivity index (χ1) is 11.5. The average molecular weight is 339 g/mol. The molecule has 0 aliphatic heterocycles. The maximum atomic E-state index is 10.8. The number of nitro groups is 1. The second-order valence-corrected chi connectivity index (χ2v) is 6.21. The number of nitrogens with zero attached hydrogens (tertiary/aromatic N) is 3. The lowest BCUT2D eigenvalue weighted by Gasteiger charge is -1.98. The Balaban J connectivity index is 1.91. The summed E-state index contributed by atoms with van der Waals surface area (Å²) in [5, 5.41) is 21.1. The van der Waals surface area contributed by atoms with Crippen molar-refractivity contribution in [1.29, 1.82) is 0 Å². The molecular formula is C17H13N3O3S. The van der Waals surface area contributed by atoms with Gasteiger partial charge in [0.25, 0.3) is 5.69 Å². The topological polar surface area (TPSA) is 88.6 Å². The largest absolute Gasteiger partial charge is 0.507 e. The molecule has 0 radical (unpaired) electrons. The summed E-state index contributed by atoms with van der Waals surface area (Å²) in [6, 6.07) is 13.6. The van der Waals surface area contributed by atoms with E-state index in [1.807, 2.05) is 37.3 Å². The van der Waals surface area contributed by atoms with Crippen LogP contribution >= 0.6 is 11.3 Å². The molecule has 0 aliphatic rings. The minimum Gasteiger partial charge on any atom is -0.507 e. The van der Waals surface area contributed by atoms with Crippen molar-refractivity contribution in [2.75, 3.05) is 0 Å². The number of phenols is 1. The Kier molecular flexibility index (Phi) is 4.35. The monoisotopic (exact) mass is 339 g/mol. The van der Waals surface area contributed by atoms with E-state index in [0.29, 0.717) is 5.13 Å². The highest BCUT2D eigenvalue weighted by molar-refractivity contribution is 7.15. The molecule has 1 heterocycles. The van der Waals surface area contributed by atoms with Crippen LogP contribution in [0.2, 0.25) is 0 Å². The van der Waals surface area contributed by atoms with Crippen molar-refractivity contribution in [3.63, 3.8) is 0 Å². The zero-order chi connectivity index (χ0) is 17.1. The molecule has 0 saturated carbocycles. The van der Waals surface area contributed by atoms with Gasteiger partial charge in [-0.25, -0.2) is 9.98 Å². The number of nitro benzene ring substituents is 1. The van der Waals surface area contributed by atoms with Crippen LogP contribution in [0.3, 0.4) is 0 Å². The second kappa shape index (κ2) is 6.59. The van der Waals surface area contributed by atoms with Crippen molar-refractivity contribution >= 4 is 28.4 Å². The first-order valence-corrected chi connectivity index (χ1v) is 7.90. The fourth-order valence-corrected chi connectivity index (χ4v) is 2.96. The fourth-order valence-electron chi connectivity index (χ4n) is 2.19. The zero-order valence-corrected chi connectivity index (χ0v) is 13.5. The standard InChI is InChI=1S/C17H13N3O3S/c1-11-16(12-5-3-2-4-6-12)19-17(24-11)18-10-13-9-14(20(22)23)7-8-15(13)21/h2-10,21H,1H3. The lowest BCUT2D eigenvalue weighted by atomic mass is 10.1. The smallest absolute Gasteiger partial charge is 0.270 e. The fraction of sp³-hybridized carbons (Fsp3) is 0.0588.